The maximum atomic E-state index is 12.2. The Labute approximate surface area is 129 Å². The quantitative estimate of drug-likeness (QED) is 0.662. The zero-order valence-corrected chi connectivity index (χ0v) is 14.0. The topological polar surface area (TPSA) is 101 Å². The number of nitrogens with two attached hydrogens (primary N) is 1. The number of nitrogens with one attached hydrogen (secondary N) is 2. The molecule has 0 aliphatic heterocycles. The van der Waals surface area contributed by atoms with E-state index in [1.165, 1.54) is 0 Å². The molecule has 0 fully saturated rings. The second kappa shape index (κ2) is 6.95. The highest BCUT2D eigenvalue weighted by molar-refractivity contribution is 7.91. The van der Waals surface area contributed by atoms with Crippen molar-refractivity contribution in [1.82, 2.24) is 5.32 Å². The average Bonchev–Trinajstić information content (AvgIpc) is 2.72. The minimum Gasteiger partial charge on any atom is -0.396 e. The number of thiophene rings is 1. The van der Waals surface area contributed by atoms with E-state index in [0.29, 0.717) is 11.5 Å². The van der Waals surface area contributed by atoms with Crippen molar-refractivity contribution >= 4 is 37.8 Å². The highest BCUT2D eigenvalue weighted by Crippen LogP contribution is 2.40. The van der Waals surface area contributed by atoms with Gasteiger partial charge in [0.1, 0.15) is 14.8 Å². The maximum absolute atomic E-state index is 12.2. The molecule has 21 heavy (non-hydrogen) atoms. The molecule has 1 amide bonds. The summed E-state index contributed by atoms with van der Waals surface area (Å²) in [6.07, 6.45) is 1.54. The minimum absolute atomic E-state index is 0.00608. The third kappa shape index (κ3) is 3.98. The number of sulfone groups is 1. The lowest BCUT2D eigenvalue weighted by Crippen LogP contribution is -2.23. The van der Waals surface area contributed by atoms with E-state index < -0.39 is 15.7 Å². The molecule has 0 unspecified atom stereocenters. The molecule has 0 bridgehead atoms. The smallest absolute Gasteiger partial charge is 0.263 e. The van der Waals surface area contributed by atoms with Gasteiger partial charge in [0, 0.05) is 12.6 Å². The minimum atomic E-state index is -3.52. The molecule has 0 atom stereocenters. The van der Waals surface area contributed by atoms with Gasteiger partial charge in [0.15, 0.2) is 9.84 Å². The number of anilines is 2. The first-order valence-electron chi connectivity index (χ1n) is 6.55. The summed E-state index contributed by atoms with van der Waals surface area (Å²) in [5.41, 5.74) is 5.92. The van der Waals surface area contributed by atoms with Gasteiger partial charge >= 0.3 is 0 Å². The third-order valence-electron chi connectivity index (χ3n) is 2.62. The van der Waals surface area contributed by atoms with Gasteiger partial charge in [-0.05, 0) is 13.8 Å². The summed E-state index contributed by atoms with van der Waals surface area (Å²) in [5.74, 6) is -0.476. The van der Waals surface area contributed by atoms with Gasteiger partial charge in [-0.2, -0.15) is 0 Å². The molecule has 1 aromatic heterocycles. The average molecular weight is 331 g/mol. The van der Waals surface area contributed by atoms with Gasteiger partial charge in [0.05, 0.1) is 11.4 Å². The second-order valence-corrected chi connectivity index (χ2v) is 7.94. The normalized spacial score (nSPS) is 11.4. The molecule has 1 aromatic rings. The third-order valence-corrected chi connectivity index (χ3v) is 5.69. The summed E-state index contributed by atoms with van der Waals surface area (Å²) < 4.78 is 24.4. The van der Waals surface area contributed by atoms with Crippen molar-refractivity contribution in [2.24, 2.45) is 0 Å². The highest BCUT2D eigenvalue weighted by Gasteiger charge is 2.28. The van der Waals surface area contributed by atoms with Crippen molar-refractivity contribution in [2.75, 3.05) is 23.3 Å². The fraction of sp³-hybridized carbons (Fsp3) is 0.462. The van der Waals surface area contributed by atoms with Crippen molar-refractivity contribution < 1.29 is 13.2 Å². The number of hydrogen-bond donors (Lipinski definition) is 3. The first kappa shape index (κ1) is 17.5. The molecule has 0 saturated carbocycles. The molecule has 0 radical (unpaired) electrons. The van der Waals surface area contributed by atoms with E-state index in [1.54, 1.807) is 13.0 Å². The molecular weight excluding hydrogens is 310 g/mol. The first-order chi connectivity index (χ1) is 9.74. The van der Waals surface area contributed by atoms with Crippen LogP contribution in [0.4, 0.5) is 10.7 Å². The summed E-state index contributed by atoms with van der Waals surface area (Å²) in [6, 6.07) is 0.0259. The molecule has 0 aromatic carbocycles. The lowest BCUT2D eigenvalue weighted by atomic mass is 10.3. The van der Waals surface area contributed by atoms with Crippen molar-refractivity contribution in [2.45, 2.75) is 31.7 Å². The Morgan fingerprint density at radius 1 is 1.48 bits per heavy atom. The number of carbonyl (C=O) groups is 1. The number of rotatable bonds is 7. The van der Waals surface area contributed by atoms with Gasteiger partial charge in [0.2, 0.25) is 0 Å². The van der Waals surface area contributed by atoms with E-state index in [-0.39, 0.29) is 27.3 Å². The predicted octanol–water partition coefficient (Wildman–Crippen LogP) is 1.86. The van der Waals surface area contributed by atoms with E-state index >= 15 is 0 Å². The molecule has 0 aliphatic carbocycles. The Morgan fingerprint density at radius 2 is 2.10 bits per heavy atom. The molecule has 4 N–H and O–H groups in total. The van der Waals surface area contributed by atoms with Crippen LogP contribution in [-0.2, 0) is 9.84 Å². The molecule has 0 saturated heterocycles. The van der Waals surface area contributed by atoms with Gasteiger partial charge in [-0.25, -0.2) is 8.42 Å². The van der Waals surface area contributed by atoms with Crippen LogP contribution in [0.25, 0.3) is 0 Å². The van der Waals surface area contributed by atoms with E-state index in [2.05, 4.69) is 17.2 Å². The summed E-state index contributed by atoms with van der Waals surface area (Å²) in [4.78, 5) is 12.3. The van der Waals surface area contributed by atoms with E-state index in [4.69, 9.17) is 5.73 Å². The van der Waals surface area contributed by atoms with Gasteiger partial charge in [-0.1, -0.05) is 13.0 Å². The van der Waals surface area contributed by atoms with Crippen LogP contribution in [0.2, 0.25) is 0 Å². The van der Waals surface area contributed by atoms with Crippen LogP contribution in [0.1, 0.15) is 30.4 Å². The zero-order valence-electron chi connectivity index (χ0n) is 12.4. The Bertz CT molecular complexity index is 633. The second-order valence-electron chi connectivity index (χ2n) is 4.70. The van der Waals surface area contributed by atoms with Crippen LogP contribution in [-0.4, -0.2) is 32.7 Å². The maximum Gasteiger partial charge on any atom is 0.263 e. The van der Waals surface area contributed by atoms with Crippen LogP contribution >= 0.6 is 11.3 Å². The Hall–Kier alpha value is -1.54. The Balaban J connectivity index is 3.37. The molecular formula is C13H21N3O3S2. The lowest BCUT2D eigenvalue weighted by Gasteiger charge is -2.10. The van der Waals surface area contributed by atoms with Gasteiger partial charge < -0.3 is 16.4 Å². The molecule has 118 valence electrons. The van der Waals surface area contributed by atoms with Crippen LogP contribution in [0.15, 0.2) is 17.6 Å². The molecule has 1 heterocycles. The lowest BCUT2D eigenvalue weighted by molar-refractivity contribution is 0.0962. The Morgan fingerprint density at radius 3 is 2.57 bits per heavy atom. The molecule has 0 aliphatic rings. The van der Waals surface area contributed by atoms with E-state index in [1.807, 2.05) is 13.8 Å². The van der Waals surface area contributed by atoms with Crippen LogP contribution in [0.3, 0.4) is 0 Å². The fourth-order valence-corrected chi connectivity index (χ4v) is 4.37. The SMILES string of the molecule is C=CCNC(=O)c1sc(NC(C)C)c(S(=O)(=O)CC)c1N. The summed E-state index contributed by atoms with van der Waals surface area (Å²) in [7, 11) is -3.52. The van der Waals surface area contributed by atoms with Crippen molar-refractivity contribution in [1.29, 1.82) is 0 Å². The van der Waals surface area contributed by atoms with Gasteiger partial charge in [-0.15, -0.1) is 17.9 Å². The molecule has 8 heteroatoms. The first-order valence-corrected chi connectivity index (χ1v) is 9.02. The van der Waals surface area contributed by atoms with Crippen molar-refractivity contribution in [3.05, 3.63) is 17.5 Å². The molecule has 0 spiro atoms. The van der Waals surface area contributed by atoms with Crippen LogP contribution in [0, 0.1) is 0 Å². The predicted molar refractivity (Wildman–Crippen MR) is 87.7 cm³/mol. The zero-order chi connectivity index (χ0) is 16.2. The highest BCUT2D eigenvalue weighted by atomic mass is 32.2. The molecule has 1 rings (SSSR count). The van der Waals surface area contributed by atoms with Crippen LogP contribution < -0.4 is 16.4 Å². The van der Waals surface area contributed by atoms with Gasteiger partial charge in [0.25, 0.3) is 5.91 Å². The number of hydrogen-bond acceptors (Lipinski definition) is 6. The summed E-state index contributed by atoms with van der Waals surface area (Å²) in [6.45, 7) is 9.12. The van der Waals surface area contributed by atoms with Gasteiger partial charge in [-0.3, -0.25) is 4.79 Å². The number of nitrogen functional groups attached to an aromatic ring is 1. The summed E-state index contributed by atoms with van der Waals surface area (Å²) >= 11 is 1.05. The Kier molecular flexibility index (Phi) is 5.79. The van der Waals surface area contributed by atoms with Crippen LogP contribution in [0.5, 0.6) is 0 Å². The van der Waals surface area contributed by atoms with E-state index in [0.717, 1.165) is 11.3 Å². The molecule has 6 nitrogen and oxygen atoms in total. The van der Waals surface area contributed by atoms with E-state index in [9.17, 15) is 13.2 Å². The largest absolute Gasteiger partial charge is 0.396 e. The standard InChI is InChI=1S/C13H21N3O3S2/c1-5-7-15-12(17)10-9(14)11(21(18,19)6-2)13(20-10)16-8(3)4/h5,8,16H,1,6-7,14H2,2-4H3,(H,15,17). The fourth-order valence-electron chi connectivity index (χ4n) is 1.65. The summed E-state index contributed by atoms with van der Waals surface area (Å²) in [5, 5.41) is 6.06. The number of carbonyl (C=O) groups excluding carboxylic acids is 1. The van der Waals surface area contributed by atoms with Crippen molar-refractivity contribution in [3.63, 3.8) is 0 Å². The van der Waals surface area contributed by atoms with Crippen molar-refractivity contribution in [3.8, 4) is 0 Å². The monoisotopic (exact) mass is 331 g/mol. The number of amides is 1.